The van der Waals surface area contributed by atoms with Crippen LogP contribution in [0.2, 0.25) is 0 Å². The number of anilines is 1. The number of benzene rings is 2. The highest BCUT2D eigenvalue weighted by molar-refractivity contribution is 7.98. The molecule has 0 unspecified atom stereocenters. The third-order valence-electron chi connectivity index (χ3n) is 4.54. The first-order valence-electron chi connectivity index (χ1n) is 9.46. The van der Waals surface area contributed by atoms with E-state index in [2.05, 4.69) is 15.5 Å². The first-order chi connectivity index (χ1) is 14.0. The van der Waals surface area contributed by atoms with Gasteiger partial charge in [0, 0.05) is 21.8 Å². The number of carbonyl (C=O) groups is 1. The minimum atomic E-state index is -0.256. The molecule has 0 fully saturated rings. The number of nitrogens with one attached hydrogen (secondary N) is 2. The lowest BCUT2D eigenvalue weighted by Crippen LogP contribution is -2.31. The predicted molar refractivity (Wildman–Crippen MR) is 117 cm³/mol. The fourth-order valence-electron chi connectivity index (χ4n) is 3.00. The van der Waals surface area contributed by atoms with Crippen molar-refractivity contribution < 1.29 is 9.18 Å². The maximum absolute atomic E-state index is 13.0. The van der Waals surface area contributed by atoms with Crippen LogP contribution < -0.4 is 5.32 Å². The molecular formula is C22H25FN4OS. The van der Waals surface area contributed by atoms with Crippen LogP contribution in [0.4, 0.5) is 10.1 Å². The molecular weight excluding hydrogens is 387 g/mol. The van der Waals surface area contributed by atoms with Crippen LogP contribution in [-0.2, 0) is 11.2 Å². The summed E-state index contributed by atoms with van der Waals surface area (Å²) in [5.74, 6) is -0.280. The molecule has 0 saturated carbocycles. The second-order valence-electron chi connectivity index (χ2n) is 6.90. The average Bonchev–Trinajstić information content (AvgIpc) is 3.18. The summed E-state index contributed by atoms with van der Waals surface area (Å²) in [4.78, 5) is 15.4. The van der Waals surface area contributed by atoms with E-state index in [0.29, 0.717) is 6.54 Å². The summed E-state index contributed by atoms with van der Waals surface area (Å²) in [6.07, 6.45) is 3.75. The van der Waals surface area contributed by atoms with E-state index in [-0.39, 0.29) is 11.7 Å². The molecule has 0 aliphatic rings. The van der Waals surface area contributed by atoms with E-state index in [1.54, 1.807) is 23.9 Å². The van der Waals surface area contributed by atoms with Gasteiger partial charge >= 0.3 is 0 Å². The summed E-state index contributed by atoms with van der Waals surface area (Å²) >= 11 is 1.67. The molecule has 1 aromatic heterocycles. The zero-order valence-corrected chi connectivity index (χ0v) is 17.4. The van der Waals surface area contributed by atoms with Gasteiger partial charge in [0.2, 0.25) is 5.91 Å². The van der Waals surface area contributed by atoms with Gasteiger partial charge in [0.25, 0.3) is 0 Å². The van der Waals surface area contributed by atoms with Crippen LogP contribution >= 0.6 is 11.8 Å². The number of hydrogen-bond acceptors (Lipinski definition) is 4. The number of nitrogens with zero attached hydrogens (tertiary/aromatic N) is 2. The quantitative estimate of drug-likeness (QED) is 0.510. The van der Waals surface area contributed by atoms with Crippen LogP contribution in [0.5, 0.6) is 0 Å². The van der Waals surface area contributed by atoms with Crippen molar-refractivity contribution in [3.63, 3.8) is 0 Å². The standard InChI is InChI=1S/C22H25FN4OS/c1-27(15-22(28)24-18-9-11-20(29-2)12-10-18)13-3-4-19-14-21(26-25-19)16-5-7-17(23)8-6-16/h5-12,14H,3-4,13,15H2,1-2H3,(H,24,28)(H,25,26). The van der Waals surface area contributed by atoms with E-state index in [1.807, 2.05) is 48.5 Å². The third kappa shape index (κ3) is 6.44. The fraction of sp³-hybridized carbons (Fsp3) is 0.273. The lowest BCUT2D eigenvalue weighted by molar-refractivity contribution is -0.117. The highest BCUT2D eigenvalue weighted by Gasteiger charge is 2.08. The van der Waals surface area contributed by atoms with Gasteiger partial charge in [0.1, 0.15) is 5.82 Å². The van der Waals surface area contributed by atoms with Crippen molar-refractivity contribution in [2.45, 2.75) is 17.7 Å². The summed E-state index contributed by atoms with van der Waals surface area (Å²) in [6.45, 7) is 1.14. The van der Waals surface area contributed by atoms with E-state index in [1.165, 1.54) is 17.0 Å². The Morgan fingerprint density at radius 1 is 1.17 bits per heavy atom. The molecule has 0 aliphatic carbocycles. The van der Waals surface area contributed by atoms with Gasteiger partial charge in [-0.25, -0.2) is 4.39 Å². The molecule has 7 heteroatoms. The number of H-pyrrole nitrogens is 1. The van der Waals surface area contributed by atoms with Gasteiger partial charge in [0.15, 0.2) is 0 Å². The summed E-state index contributed by atoms with van der Waals surface area (Å²) < 4.78 is 13.0. The lowest BCUT2D eigenvalue weighted by Gasteiger charge is -2.16. The number of rotatable bonds is 9. The fourth-order valence-corrected chi connectivity index (χ4v) is 3.40. The molecule has 0 bridgehead atoms. The number of amides is 1. The van der Waals surface area contributed by atoms with E-state index >= 15 is 0 Å². The average molecular weight is 413 g/mol. The van der Waals surface area contributed by atoms with Gasteiger partial charge in [0.05, 0.1) is 12.2 Å². The molecule has 0 radical (unpaired) electrons. The maximum Gasteiger partial charge on any atom is 0.238 e. The van der Waals surface area contributed by atoms with Crippen LogP contribution in [0.15, 0.2) is 59.5 Å². The Hall–Kier alpha value is -2.64. The largest absolute Gasteiger partial charge is 0.325 e. The van der Waals surface area contributed by atoms with Crippen LogP contribution in [-0.4, -0.2) is 47.4 Å². The summed E-state index contributed by atoms with van der Waals surface area (Å²) in [6, 6.07) is 16.1. The molecule has 152 valence electrons. The van der Waals surface area contributed by atoms with Crippen molar-refractivity contribution in [2.24, 2.45) is 0 Å². The van der Waals surface area contributed by atoms with Gasteiger partial charge < -0.3 is 5.32 Å². The Labute approximate surface area is 174 Å². The van der Waals surface area contributed by atoms with Crippen LogP contribution in [0.3, 0.4) is 0 Å². The van der Waals surface area contributed by atoms with Gasteiger partial charge in [-0.2, -0.15) is 5.10 Å². The number of thioether (sulfide) groups is 1. The zero-order chi connectivity index (χ0) is 20.6. The molecule has 2 N–H and O–H groups in total. The first-order valence-corrected chi connectivity index (χ1v) is 10.7. The van der Waals surface area contributed by atoms with Crippen molar-refractivity contribution in [1.29, 1.82) is 0 Å². The van der Waals surface area contributed by atoms with Crippen molar-refractivity contribution in [3.05, 3.63) is 66.1 Å². The summed E-state index contributed by atoms with van der Waals surface area (Å²) in [5, 5.41) is 10.3. The molecule has 3 aromatic rings. The van der Waals surface area contributed by atoms with Gasteiger partial charge in [-0.1, -0.05) is 0 Å². The van der Waals surface area contributed by atoms with Crippen molar-refractivity contribution >= 4 is 23.4 Å². The van der Waals surface area contributed by atoms with Gasteiger partial charge in [-0.05, 0) is 87.3 Å². The highest BCUT2D eigenvalue weighted by Crippen LogP contribution is 2.19. The maximum atomic E-state index is 13.0. The van der Waals surface area contributed by atoms with E-state index in [0.717, 1.165) is 42.0 Å². The molecule has 1 heterocycles. The molecule has 0 saturated heterocycles. The number of hydrogen-bond donors (Lipinski definition) is 2. The Bertz CT molecular complexity index is 925. The smallest absolute Gasteiger partial charge is 0.238 e. The minimum Gasteiger partial charge on any atom is -0.325 e. The lowest BCUT2D eigenvalue weighted by atomic mass is 10.1. The van der Waals surface area contributed by atoms with Crippen molar-refractivity contribution in [2.75, 3.05) is 31.7 Å². The minimum absolute atomic E-state index is 0.0236. The Morgan fingerprint density at radius 3 is 2.59 bits per heavy atom. The SMILES string of the molecule is CSc1ccc(NC(=O)CN(C)CCCc2cc(-c3ccc(F)cc3)n[nH]2)cc1. The molecule has 0 aliphatic heterocycles. The zero-order valence-electron chi connectivity index (χ0n) is 16.6. The normalized spacial score (nSPS) is 11.0. The highest BCUT2D eigenvalue weighted by atomic mass is 32.2. The number of aromatic nitrogens is 2. The molecule has 3 rings (SSSR count). The molecule has 1 amide bonds. The summed E-state index contributed by atoms with van der Waals surface area (Å²) in [7, 11) is 1.94. The van der Waals surface area contributed by atoms with Gasteiger partial charge in [-0.3, -0.25) is 14.8 Å². The van der Waals surface area contributed by atoms with E-state index in [4.69, 9.17) is 0 Å². The van der Waals surface area contributed by atoms with Crippen molar-refractivity contribution in [3.8, 4) is 11.3 Å². The first kappa shape index (κ1) is 21.1. The second-order valence-corrected chi connectivity index (χ2v) is 7.78. The molecule has 0 atom stereocenters. The third-order valence-corrected chi connectivity index (χ3v) is 5.29. The van der Waals surface area contributed by atoms with Gasteiger partial charge in [-0.15, -0.1) is 11.8 Å². The number of aryl methyl sites for hydroxylation is 1. The topological polar surface area (TPSA) is 61.0 Å². The van der Waals surface area contributed by atoms with Crippen molar-refractivity contribution in [1.82, 2.24) is 15.1 Å². The monoisotopic (exact) mass is 412 g/mol. The van der Waals surface area contributed by atoms with E-state index in [9.17, 15) is 9.18 Å². The Kier molecular flexibility index (Phi) is 7.43. The number of aromatic amines is 1. The molecule has 2 aromatic carbocycles. The second kappa shape index (κ2) is 10.2. The van der Waals surface area contributed by atoms with Crippen LogP contribution in [0.1, 0.15) is 12.1 Å². The van der Waals surface area contributed by atoms with Crippen LogP contribution in [0, 0.1) is 5.82 Å². The van der Waals surface area contributed by atoms with E-state index < -0.39 is 0 Å². The Balaban J connectivity index is 1.40. The molecule has 5 nitrogen and oxygen atoms in total. The molecule has 0 spiro atoms. The number of carbonyl (C=O) groups excluding carboxylic acids is 1. The summed E-state index contributed by atoms with van der Waals surface area (Å²) in [5.41, 5.74) is 3.52. The predicted octanol–water partition coefficient (Wildman–Crippen LogP) is 4.44. The number of likely N-dealkylation sites (N-methyl/N-ethyl adjacent to an activating group) is 1. The molecule has 29 heavy (non-hydrogen) atoms. The Morgan fingerprint density at radius 2 is 1.90 bits per heavy atom. The van der Waals surface area contributed by atoms with Crippen LogP contribution in [0.25, 0.3) is 11.3 Å². The number of halogens is 1.